The molecule has 2 N–H and O–H groups in total. The number of aliphatic hydroxyl groups is 1. The molecule has 7 nitrogen and oxygen atoms in total. The van der Waals surface area contributed by atoms with Crippen molar-refractivity contribution in [1.29, 1.82) is 0 Å². The van der Waals surface area contributed by atoms with Crippen molar-refractivity contribution in [3.8, 4) is 0 Å². The highest BCUT2D eigenvalue weighted by atomic mass is 16.6. The first-order chi connectivity index (χ1) is 12.6. The molecule has 0 bridgehead atoms. The third kappa shape index (κ3) is 2.05. The molecule has 5 heterocycles. The van der Waals surface area contributed by atoms with E-state index in [1.807, 2.05) is 0 Å². The predicted octanol–water partition coefficient (Wildman–Crippen LogP) is 0.260. The third-order valence-electron chi connectivity index (χ3n) is 7.03. The maximum atomic E-state index is 12.7. The van der Waals surface area contributed by atoms with Crippen molar-refractivity contribution in [3.63, 3.8) is 0 Å². The van der Waals surface area contributed by atoms with Crippen LogP contribution in [0.1, 0.15) is 26.2 Å². The minimum Gasteiger partial charge on any atom is -0.497 e. The molecule has 6 rings (SSSR count). The van der Waals surface area contributed by atoms with Crippen LogP contribution in [0.15, 0.2) is 23.0 Å². The summed E-state index contributed by atoms with van der Waals surface area (Å²) < 4.78 is 17.5. The van der Waals surface area contributed by atoms with Gasteiger partial charge in [-0.05, 0) is 24.8 Å². The minimum absolute atomic E-state index is 0.00104. The maximum Gasteiger partial charge on any atom is 0.239 e. The molecule has 7 atom stereocenters. The second kappa shape index (κ2) is 5.10. The fourth-order valence-electron chi connectivity index (χ4n) is 5.21. The zero-order valence-corrected chi connectivity index (χ0v) is 14.8. The molecule has 5 saturated heterocycles. The summed E-state index contributed by atoms with van der Waals surface area (Å²) in [5.41, 5.74) is 2.19. The Bertz CT molecular complexity index is 748. The number of piperidine rings is 1. The Kier molecular flexibility index (Phi) is 3.06. The van der Waals surface area contributed by atoms with Gasteiger partial charge < -0.3 is 24.6 Å². The third-order valence-corrected chi connectivity index (χ3v) is 7.03. The Morgan fingerprint density at radius 3 is 3.12 bits per heavy atom. The highest BCUT2D eigenvalue weighted by molar-refractivity contribution is 5.83. The van der Waals surface area contributed by atoms with Gasteiger partial charge in [0, 0.05) is 23.5 Å². The number of nitrogens with one attached hydrogen (secondary N) is 1. The van der Waals surface area contributed by atoms with Crippen LogP contribution in [0.3, 0.4) is 0 Å². The van der Waals surface area contributed by atoms with Gasteiger partial charge in [-0.2, -0.15) is 0 Å². The minimum atomic E-state index is -0.227. The molecule has 0 aromatic rings. The Morgan fingerprint density at radius 2 is 2.27 bits per heavy atom. The Labute approximate surface area is 152 Å². The van der Waals surface area contributed by atoms with Gasteiger partial charge >= 0.3 is 0 Å². The number of amides is 1. The number of ether oxygens (including phenoxy) is 3. The van der Waals surface area contributed by atoms with E-state index in [0.29, 0.717) is 13.2 Å². The van der Waals surface area contributed by atoms with E-state index in [1.165, 1.54) is 11.1 Å². The van der Waals surface area contributed by atoms with Gasteiger partial charge in [-0.1, -0.05) is 13.0 Å². The first kappa shape index (κ1) is 15.6. The molecule has 0 radical (unpaired) electrons. The van der Waals surface area contributed by atoms with E-state index >= 15 is 0 Å². The van der Waals surface area contributed by atoms with E-state index < -0.39 is 0 Å². The second-order valence-electron chi connectivity index (χ2n) is 8.71. The van der Waals surface area contributed by atoms with E-state index in [9.17, 15) is 9.90 Å². The summed E-state index contributed by atoms with van der Waals surface area (Å²) in [5, 5.41) is 12.8. The number of aliphatic hydroxyl groups excluding tert-OH is 1. The number of likely N-dealkylation sites (tertiary alicyclic amines) is 1. The second-order valence-corrected chi connectivity index (χ2v) is 8.71. The molecule has 7 heteroatoms. The average Bonchev–Trinajstić information content (AvgIpc) is 3.53. The van der Waals surface area contributed by atoms with Gasteiger partial charge in [0.1, 0.15) is 24.2 Å². The van der Waals surface area contributed by atoms with Crippen molar-refractivity contribution in [3.05, 3.63) is 23.0 Å². The first-order valence-electron chi connectivity index (χ1n) is 9.63. The molecule has 26 heavy (non-hydrogen) atoms. The monoisotopic (exact) mass is 360 g/mol. The lowest BCUT2D eigenvalue weighted by Gasteiger charge is -2.36. The highest BCUT2D eigenvalue weighted by Crippen LogP contribution is 2.53. The lowest BCUT2D eigenvalue weighted by Crippen LogP contribution is -2.51. The van der Waals surface area contributed by atoms with Crippen molar-refractivity contribution in [2.75, 3.05) is 19.8 Å². The molecule has 140 valence electrons. The molecular weight excluding hydrogens is 336 g/mol. The topological polar surface area (TPSA) is 86.9 Å². The summed E-state index contributed by atoms with van der Waals surface area (Å²) in [4.78, 5) is 14.9. The number of nitrogens with zero attached hydrogens (tertiary/aromatic N) is 1. The number of carbonyl (C=O) groups is 1. The summed E-state index contributed by atoms with van der Waals surface area (Å²) in [5.74, 6) is 1.27. The molecule has 6 aliphatic rings. The zero-order valence-electron chi connectivity index (χ0n) is 14.8. The first-order valence-corrected chi connectivity index (χ1v) is 9.63. The standard InChI is InChI=1S/C19H24N2O5/c1-19(7-22)8-24-14-10-6-21(12-4-5-13-17(25-13)20-16(12)23)18-15(26-18)9(10)2-3-11(14)19/h2,11-13,15,17-18,22H,3-8H2,1H3,(H,20,23). The van der Waals surface area contributed by atoms with Gasteiger partial charge in [0.15, 0.2) is 6.23 Å². The molecule has 5 fully saturated rings. The van der Waals surface area contributed by atoms with Crippen LogP contribution in [0.2, 0.25) is 0 Å². The van der Waals surface area contributed by atoms with Crippen LogP contribution in [0, 0.1) is 11.3 Å². The number of rotatable bonds is 2. The normalized spacial score (nSPS) is 49.0. The van der Waals surface area contributed by atoms with Gasteiger partial charge in [-0.15, -0.1) is 0 Å². The highest BCUT2D eigenvalue weighted by Gasteiger charge is 2.58. The summed E-state index contributed by atoms with van der Waals surface area (Å²) in [6.45, 7) is 3.44. The number of epoxide rings is 2. The average molecular weight is 360 g/mol. The lowest BCUT2D eigenvalue weighted by atomic mass is 9.72. The Morgan fingerprint density at radius 1 is 1.38 bits per heavy atom. The summed E-state index contributed by atoms with van der Waals surface area (Å²) in [6.07, 6.45) is 5.00. The summed E-state index contributed by atoms with van der Waals surface area (Å²) >= 11 is 0. The zero-order chi connectivity index (χ0) is 17.6. The molecule has 5 aliphatic heterocycles. The van der Waals surface area contributed by atoms with Crippen LogP contribution >= 0.6 is 0 Å². The van der Waals surface area contributed by atoms with Crippen molar-refractivity contribution in [2.24, 2.45) is 11.3 Å². The van der Waals surface area contributed by atoms with Crippen LogP contribution in [0.5, 0.6) is 0 Å². The van der Waals surface area contributed by atoms with Crippen LogP contribution < -0.4 is 5.32 Å². The largest absolute Gasteiger partial charge is 0.497 e. The fraction of sp³-hybridized carbons (Fsp3) is 0.737. The molecule has 1 amide bonds. The van der Waals surface area contributed by atoms with E-state index in [4.69, 9.17) is 14.2 Å². The van der Waals surface area contributed by atoms with Crippen molar-refractivity contribution in [2.45, 2.75) is 56.9 Å². The summed E-state index contributed by atoms with van der Waals surface area (Å²) in [6, 6.07) is -0.179. The van der Waals surface area contributed by atoms with Gasteiger partial charge in [0.05, 0.1) is 19.3 Å². The molecule has 7 unspecified atom stereocenters. The van der Waals surface area contributed by atoms with Gasteiger partial charge in [0.25, 0.3) is 0 Å². The fourth-order valence-corrected chi connectivity index (χ4v) is 5.21. The molecular formula is C19H24N2O5. The smallest absolute Gasteiger partial charge is 0.239 e. The Hall–Kier alpha value is -1.41. The molecule has 0 spiro atoms. The molecule has 0 saturated carbocycles. The quantitative estimate of drug-likeness (QED) is 0.687. The van der Waals surface area contributed by atoms with E-state index in [0.717, 1.165) is 25.0 Å². The number of hydrogen-bond acceptors (Lipinski definition) is 6. The van der Waals surface area contributed by atoms with Gasteiger partial charge in [-0.25, -0.2) is 0 Å². The molecule has 1 aliphatic carbocycles. The van der Waals surface area contributed by atoms with Crippen LogP contribution in [0.4, 0.5) is 0 Å². The van der Waals surface area contributed by atoms with E-state index in [-0.39, 0.29) is 54.6 Å². The number of hydrogen-bond donors (Lipinski definition) is 2. The van der Waals surface area contributed by atoms with Crippen LogP contribution in [-0.4, -0.2) is 66.4 Å². The van der Waals surface area contributed by atoms with Crippen LogP contribution in [0.25, 0.3) is 0 Å². The number of allylic oxidation sites excluding steroid dienone is 2. The summed E-state index contributed by atoms with van der Waals surface area (Å²) in [7, 11) is 0. The van der Waals surface area contributed by atoms with Crippen molar-refractivity contribution < 1.29 is 24.1 Å². The predicted molar refractivity (Wildman–Crippen MR) is 89.6 cm³/mol. The maximum absolute atomic E-state index is 12.7. The van der Waals surface area contributed by atoms with Gasteiger partial charge in [0.2, 0.25) is 5.91 Å². The Balaban J connectivity index is 1.32. The molecule has 0 aromatic carbocycles. The SMILES string of the molecule is CC1(CO)COC2=C3CN(C4CCC5OC5NC4=O)C4OC4C3=CCC21. The van der Waals surface area contributed by atoms with Gasteiger partial charge in [-0.3, -0.25) is 9.69 Å². The lowest BCUT2D eigenvalue weighted by molar-refractivity contribution is -0.128. The molecule has 0 aromatic heterocycles. The number of carbonyl (C=O) groups excluding carboxylic acids is 1. The van der Waals surface area contributed by atoms with Crippen LogP contribution in [-0.2, 0) is 19.0 Å². The van der Waals surface area contributed by atoms with E-state index in [2.05, 4.69) is 23.2 Å². The number of fused-ring (bicyclic) bond motifs is 5. The van der Waals surface area contributed by atoms with Crippen molar-refractivity contribution >= 4 is 5.91 Å². The van der Waals surface area contributed by atoms with E-state index in [1.54, 1.807) is 0 Å². The van der Waals surface area contributed by atoms with Crippen molar-refractivity contribution in [1.82, 2.24) is 10.2 Å².